The van der Waals surface area contributed by atoms with Gasteiger partial charge in [0.15, 0.2) is 0 Å². The molecule has 106 valence electrons. The zero-order valence-corrected chi connectivity index (χ0v) is 11.1. The smallest absolute Gasteiger partial charge is 0.257 e. The Morgan fingerprint density at radius 1 is 1.40 bits per heavy atom. The predicted molar refractivity (Wildman–Crippen MR) is 73.2 cm³/mol. The highest BCUT2D eigenvalue weighted by Crippen LogP contribution is 2.05. The van der Waals surface area contributed by atoms with Gasteiger partial charge in [0.2, 0.25) is 17.8 Å². The third-order valence-corrected chi connectivity index (χ3v) is 2.33. The molecule has 2 aromatic heterocycles. The average Bonchev–Trinajstić information content (AvgIpc) is 2.96. The summed E-state index contributed by atoms with van der Waals surface area (Å²) in [6.07, 6.45) is 4.17. The summed E-state index contributed by atoms with van der Waals surface area (Å²) < 4.78 is 1.46. The molecule has 0 aromatic carbocycles. The van der Waals surface area contributed by atoms with E-state index < -0.39 is 0 Å². The van der Waals surface area contributed by atoms with Crippen molar-refractivity contribution in [3.63, 3.8) is 0 Å². The van der Waals surface area contributed by atoms with Crippen LogP contribution in [0.5, 0.6) is 0 Å². The quantitative estimate of drug-likeness (QED) is 0.654. The molecular formula is C11H16N8O. The van der Waals surface area contributed by atoms with Crippen molar-refractivity contribution in [3.8, 4) is 5.95 Å². The molecular weight excluding hydrogens is 260 g/mol. The van der Waals surface area contributed by atoms with Gasteiger partial charge in [0.25, 0.3) is 5.95 Å². The fourth-order valence-corrected chi connectivity index (χ4v) is 1.44. The van der Waals surface area contributed by atoms with E-state index in [0.717, 1.165) is 6.42 Å². The summed E-state index contributed by atoms with van der Waals surface area (Å²) in [6, 6.07) is 1.74. The van der Waals surface area contributed by atoms with Crippen molar-refractivity contribution in [2.75, 3.05) is 24.1 Å². The van der Waals surface area contributed by atoms with Crippen molar-refractivity contribution in [1.82, 2.24) is 30.0 Å². The number of rotatable bonds is 6. The normalized spacial score (nSPS) is 10.2. The molecule has 0 bridgehead atoms. The van der Waals surface area contributed by atoms with Crippen LogP contribution in [0.2, 0.25) is 0 Å². The molecule has 0 unspecified atom stereocenters. The maximum absolute atomic E-state index is 11.5. The average molecular weight is 276 g/mol. The van der Waals surface area contributed by atoms with E-state index in [1.165, 1.54) is 4.68 Å². The zero-order chi connectivity index (χ0) is 14.4. The molecule has 20 heavy (non-hydrogen) atoms. The molecule has 0 aliphatic carbocycles. The second-order valence-electron chi connectivity index (χ2n) is 3.97. The number of nitrogen functional groups attached to an aromatic ring is 1. The largest absolute Gasteiger partial charge is 0.368 e. The molecule has 0 saturated carbocycles. The van der Waals surface area contributed by atoms with Gasteiger partial charge in [-0.3, -0.25) is 4.79 Å². The highest BCUT2D eigenvalue weighted by molar-refractivity contribution is 5.80. The molecule has 9 heteroatoms. The van der Waals surface area contributed by atoms with Gasteiger partial charge in [-0.15, -0.1) is 0 Å². The number of carbonyl (C=O) groups is 1. The van der Waals surface area contributed by atoms with Gasteiger partial charge in [-0.25, -0.2) is 4.68 Å². The minimum absolute atomic E-state index is 0.0574. The molecule has 0 radical (unpaired) electrons. The topological polar surface area (TPSA) is 124 Å². The van der Waals surface area contributed by atoms with Gasteiger partial charge < -0.3 is 16.4 Å². The highest BCUT2D eigenvalue weighted by Gasteiger charge is 2.07. The lowest BCUT2D eigenvalue weighted by Crippen LogP contribution is -2.30. The van der Waals surface area contributed by atoms with Crippen LogP contribution in [-0.4, -0.2) is 43.7 Å². The summed E-state index contributed by atoms with van der Waals surface area (Å²) in [4.78, 5) is 23.5. The molecule has 1 amide bonds. The summed E-state index contributed by atoms with van der Waals surface area (Å²) in [5.74, 6) is 0.446. The Bertz CT molecular complexity index is 568. The lowest BCUT2D eigenvalue weighted by molar-refractivity contribution is -0.119. The molecule has 0 atom stereocenters. The third kappa shape index (κ3) is 3.64. The molecule has 4 N–H and O–H groups in total. The Labute approximate surface area is 115 Å². The van der Waals surface area contributed by atoms with Crippen LogP contribution in [-0.2, 0) is 4.79 Å². The van der Waals surface area contributed by atoms with Gasteiger partial charge in [-0.05, 0) is 12.5 Å². The van der Waals surface area contributed by atoms with Crippen LogP contribution < -0.4 is 16.4 Å². The second-order valence-corrected chi connectivity index (χ2v) is 3.97. The van der Waals surface area contributed by atoms with Crippen molar-refractivity contribution in [1.29, 1.82) is 0 Å². The number of aromatic nitrogens is 5. The molecule has 2 rings (SSSR count). The van der Waals surface area contributed by atoms with Gasteiger partial charge in [-0.1, -0.05) is 6.92 Å². The summed E-state index contributed by atoms with van der Waals surface area (Å²) >= 11 is 0. The summed E-state index contributed by atoms with van der Waals surface area (Å²) in [5.41, 5.74) is 5.61. The summed E-state index contributed by atoms with van der Waals surface area (Å²) in [6.45, 7) is 2.69. The number of anilines is 2. The monoisotopic (exact) mass is 276 g/mol. The number of nitrogens with two attached hydrogens (primary N) is 1. The molecule has 0 spiro atoms. The fraction of sp³-hybridized carbons (Fsp3) is 0.364. The van der Waals surface area contributed by atoms with Crippen molar-refractivity contribution in [2.45, 2.75) is 13.3 Å². The Kier molecular flexibility index (Phi) is 4.43. The van der Waals surface area contributed by atoms with Crippen molar-refractivity contribution >= 4 is 17.8 Å². The highest BCUT2D eigenvalue weighted by atomic mass is 16.1. The van der Waals surface area contributed by atoms with Crippen molar-refractivity contribution in [3.05, 3.63) is 18.5 Å². The first-order chi connectivity index (χ1) is 9.69. The number of amides is 1. The van der Waals surface area contributed by atoms with Crippen LogP contribution in [0.15, 0.2) is 18.5 Å². The van der Waals surface area contributed by atoms with Crippen LogP contribution >= 0.6 is 0 Å². The third-order valence-electron chi connectivity index (χ3n) is 2.33. The Morgan fingerprint density at radius 3 is 2.95 bits per heavy atom. The van der Waals surface area contributed by atoms with Crippen molar-refractivity contribution in [2.24, 2.45) is 0 Å². The standard InChI is InChI=1S/C11H16N8O/c1-2-4-13-8(20)7-14-10-16-9(12)17-11(18-10)19-6-3-5-15-19/h3,5-6H,2,4,7H2,1H3,(H,13,20)(H3,12,14,16,17,18). The van der Waals surface area contributed by atoms with Crippen LogP contribution in [0.25, 0.3) is 5.95 Å². The van der Waals surface area contributed by atoms with Crippen LogP contribution in [0, 0.1) is 0 Å². The number of nitrogens with one attached hydrogen (secondary N) is 2. The van der Waals surface area contributed by atoms with E-state index in [2.05, 4.69) is 30.7 Å². The van der Waals surface area contributed by atoms with Gasteiger partial charge in [0.05, 0.1) is 6.54 Å². The molecule has 2 aromatic rings. The second kappa shape index (κ2) is 6.45. The van der Waals surface area contributed by atoms with Crippen LogP contribution in [0.4, 0.5) is 11.9 Å². The SMILES string of the molecule is CCCNC(=O)CNc1nc(N)nc(-n2cccn2)n1. The van der Waals surface area contributed by atoms with E-state index in [1.54, 1.807) is 18.5 Å². The lowest BCUT2D eigenvalue weighted by Gasteiger charge is -2.07. The van der Waals surface area contributed by atoms with E-state index >= 15 is 0 Å². The lowest BCUT2D eigenvalue weighted by atomic mass is 10.4. The summed E-state index contributed by atoms with van der Waals surface area (Å²) in [7, 11) is 0. The van der Waals surface area contributed by atoms with E-state index in [0.29, 0.717) is 12.5 Å². The zero-order valence-electron chi connectivity index (χ0n) is 11.1. The molecule has 0 aliphatic rings. The van der Waals surface area contributed by atoms with Crippen molar-refractivity contribution < 1.29 is 4.79 Å². The number of carbonyl (C=O) groups excluding carboxylic acids is 1. The minimum atomic E-state index is -0.133. The van der Waals surface area contributed by atoms with Gasteiger partial charge in [0, 0.05) is 18.9 Å². The molecule has 0 aliphatic heterocycles. The molecule has 2 heterocycles. The van der Waals surface area contributed by atoms with E-state index in [4.69, 9.17) is 5.73 Å². The maximum atomic E-state index is 11.5. The van der Waals surface area contributed by atoms with Gasteiger partial charge in [0.1, 0.15) is 0 Å². The number of hydrogen-bond acceptors (Lipinski definition) is 7. The Morgan fingerprint density at radius 2 is 2.25 bits per heavy atom. The first-order valence-electron chi connectivity index (χ1n) is 6.21. The van der Waals surface area contributed by atoms with Gasteiger partial charge in [-0.2, -0.15) is 20.1 Å². The first kappa shape index (κ1) is 13.7. The molecule has 0 saturated heterocycles. The minimum Gasteiger partial charge on any atom is -0.368 e. The van der Waals surface area contributed by atoms with E-state index in [-0.39, 0.29) is 24.3 Å². The van der Waals surface area contributed by atoms with Crippen LogP contribution in [0.3, 0.4) is 0 Å². The fourth-order valence-electron chi connectivity index (χ4n) is 1.44. The maximum Gasteiger partial charge on any atom is 0.257 e. The Hall–Kier alpha value is -2.71. The van der Waals surface area contributed by atoms with E-state index in [9.17, 15) is 4.79 Å². The Balaban J connectivity index is 2.03. The number of nitrogens with zero attached hydrogens (tertiary/aromatic N) is 5. The molecule has 9 nitrogen and oxygen atoms in total. The van der Waals surface area contributed by atoms with Gasteiger partial charge >= 0.3 is 0 Å². The number of hydrogen-bond donors (Lipinski definition) is 3. The van der Waals surface area contributed by atoms with Crippen LogP contribution in [0.1, 0.15) is 13.3 Å². The predicted octanol–water partition coefficient (Wildman–Crippen LogP) is -0.422. The first-order valence-corrected chi connectivity index (χ1v) is 6.21. The molecule has 0 fully saturated rings. The summed E-state index contributed by atoms with van der Waals surface area (Å²) in [5, 5.41) is 9.54. The van der Waals surface area contributed by atoms with E-state index in [1.807, 2.05) is 6.92 Å².